The van der Waals surface area contributed by atoms with E-state index in [9.17, 15) is 0 Å². The highest BCUT2D eigenvalue weighted by Gasteiger charge is 2.14. The molecule has 0 aliphatic carbocycles. The van der Waals surface area contributed by atoms with Crippen LogP contribution < -0.4 is 5.32 Å². The van der Waals surface area contributed by atoms with Crippen LogP contribution in [0.3, 0.4) is 0 Å². The Kier molecular flexibility index (Phi) is 4.46. The Hall–Kier alpha value is -0.740. The Balaban J connectivity index is 1.99. The molecule has 0 aliphatic rings. The molecule has 0 radical (unpaired) electrons. The summed E-state index contributed by atoms with van der Waals surface area (Å²) in [5, 5.41) is 5.89. The molecule has 0 bridgehead atoms. The van der Waals surface area contributed by atoms with Crippen molar-refractivity contribution in [2.75, 3.05) is 5.32 Å². The van der Waals surface area contributed by atoms with Crippen LogP contribution in [-0.4, -0.2) is 0 Å². The SMILES string of the molecule is CC(Nc1ccc(Br)c2ccccc12)c1cc(Cl)sc1Cl. The maximum absolute atomic E-state index is 6.24. The lowest BCUT2D eigenvalue weighted by Crippen LogP contribution is -2.06. The van der Waals surface area contributed by atoms with Crippen LogP contribution >= 0.6 is 50.5 Å². The molecule has 0 aliphatic heterocycles. The van der Waals surface area contributed by atoms with E-state index in [-0.39, 0.29) is 6.04 Å². The molecule has 1 unspecified atom stereocenters. The van der Waals surface area contributed by atoms with E-state index in [1.165, 1.54) is 22.1 Å². The van der Waals surface area contributed by atoms with Crippen molar-refractivity contribution < 1.29 is 0 Å². The summed E-state index contributed by atoms with van der Waals surface area (Å²) >= 11 is 17.3. The summed E-state index contributed by atoms with van der Waals surface area (Å²) in [5.74, 6) is 0. The Morgan fingerprint density at radius 2 is 1.81 bits per heavy atom. The molecule has 0 saturated carbocycles. The fourth-order valence-corrected chi connectivity index (χ4v) is 4.47. The predicted octanol–water partition coefficient (Wildman–Crippen LogP) is 7.14. The molecule has 1 heterocycles. The topological polar surface area (TPSA) is 12.0 Å². The van der Waals surface area contributed by atoms with Gasteiger partial charge in [0.25, 0.3) is 0 Å². The maximum Gasteiger partial charge on any atom is 0.0996 e. The number of halogens is 3. The first-order chi connectivity index (χ1) is 10.1. The zero-order valence-corrected chi connectivity index (χ0v) is 15.1. The Morgan fingerprint density at radius 1 is 1.10 bits per heavy atom. The van der Waals surface area contributed by atoms with Crippen LogP contribution in [0.2, 0.25) is 8.67 Å². The van der Waals surface area contributed by atoms with E-state index in [0.29, 0.717) is 4.34 Å². The minimum absolute atomic E-state index is 0.0887. The minimum atomic E-state index is 0.0887. The third-order valence-corrected chi connectivity index (χ3v) is 5.60. The van der Waals surface area contributed by atoms with Gasteiger partial charge in [-0.3, -0.25) is 0 Å². The van der Waals surface area contributed by atoms with Crippen LogP contribution in [0.4, 0.5) is 5.69 Å². The van der Waals surface area contributed by atoms with E-state index >= 15 is 0 Å². The summed E-state index contributed by atoms with van der Waals surface area (Å²) in [6.45, 7) is 2.08. The van der Waals surface area contributed by atoms with Crippen molar-refractivity contribution in [3.8, 4) is 0 Å². The fraction of sp³-hybridized carbons (Fsp3) is 0.125. The van der Waals surface area contributed by atoms with Crippen molar-refractivity contribution in [3.63, 3.8) is 0 Å². The number of hydrogen-bond donors (Lipinski definition) is 1. The predicted molar refractivity (Wildman–Crippen MR) is 98.0 cm³/mol. The van der Waals surface area contributed by atoms with Gasteiger partial charge in [-0.25, -0.2) is 0 Å². The molecule has 0 amide bonds. The number of nitrogens with one attached hydrogen (secondary N) is 1. The number of anilines is 1. The van der Waals surface area contributed by atoms with Gasteiger partial charge in [0, 0.05) is 21.1 Å². The Morgan fingerprint density at radius 3 is 2.48 bits per heavy atom. The molecule has 108 valence electrons. The van der Waals surface area contributed by atoms with Gasteiger partial charge in [0.2, 0.25) is 0 Å². The quantitative estimate of drug-likeness (QED) is 0.492. The molecular weight excluding hydrogens is 389 g/mol. The number of thiophene rings is 1. The largest absolute Gasteiger partial charge is 0.378 e. The van der Waals surface area contributed by atoms with Gasteiger partial charge in [0.05, 0.1) is 14.7 Å². The molecule has 1 aromatic heterocycles. The Labute approximate surface area is 146 Å². The number of rotatable bonds is 3. The van der Waals surface area contributed by atoms with Gasteiger partial charge in [-0.15, -0.1) is 11.3 Å². The van der Waals surface area contributed by atoms with Crippen molar-refractivity contribution >= 4 is 66.9 Å². The molecule has 0 spiro atoms. The molecule has 1 N–H and O–H groups in total. The van der Waals surface area contributed by atoms with Gasteiger partial charge >= 0.3 is 0 Å². The van der Waals surface area contributed by atoms with Gasteiger partial charge in [0.1, 0.15) is 0 Å². The number of fused-ring (bicyclic) bond motifs is 1. The van der Waals surface area contributed by atoms with Gasteiger partial charge in [-0.2, -0.15) is 0 Å². The van der Waals surface area contributed by atoms with E-state index in [2.05, 4.69) is 52.4 Å². The summed E-state index contributed by atoms with van der Waals surface area (Å²) in [6, 6.07) is 14.4. The van der Waals surface area contributed by atoms with Gasteiger partial charge < -0.3 is 5.32 Å². The molecule has 1 atom stereocenters. The van der Waals surface area contributed by atoms with Gasteiger partial charge in [0.15, 0.2) is 0 Å². The number of benzene rings is 2. The first-order valence-corrected chi connectivity index (χ1v) is 8.81. The maximum atomic E-state index is 6.24. The normalized spacial score (nSPS) is 12.6. The molecule has 21 heavy (non-hydrogen) atoms. The van der Waals surface area contributed by atoms with Gasteiger partial charge in [-0.1, -0.05) is 63.4 Å². The lowest BCUT2D eigenvalue weighted by molar-refractivity contribution is 0.893. The molecule has 5 heteroatoms. The summed E-state index contributed by atoms with van der Waals surface area (Å²) in [7, 11) is 0. The summed E-state index contributed by atoms with van der Waals surface area (Å²) in [4.78, 5) is 0. The summed E-state index contributed by atoms with van der Waals surface area (Å²) in [6.07, 6.45) is 0. The van der Waals surface area contributed by atoms with Crippen LogP contribution in [0.25, 0.3) is 10.8 Å². The van der Waals surface area contributed by atoms with Crippen molar-refractivity contribution in [3.05, 3.63) is 61.2 Å². The van der Waals surface area contributed by atoms with E-state index in [1.807, 2.05) is 18.2 Å². The Bertz CT molecular complexity index is 800. The first kappa shape index (κ1) is 15.2. The second-order valence-electron chi connectivity index (χ2n) is 4.79. The molecule has 3 aromatic rings. The van der Waals surface area contributed by atoms with E-state index in [4.69, 9.17) is 23.2 Å². The molecule has 2 aromatic carbocycles. The van der Waals surface area contributed by atoms with E-state index in [1.54, 1.807) is 0 Å². The standard InChI is InChI=1S/C16H12BrCl2NS/c1-9(12-8-15(18)21-16(12)19)20-14-7-6-13(17)10-4-2-3-5-11(10)14/h2-9,20H,1H3. The highest BCUT2D eigenvalue weighted by molar-refractivity contribution is 9.10. The second kappa shape index (κ2) is 6.17. The summed E-state index contributed by atoms with van der Waals surface area (Å²) in [5.41, 5.74) is 2.11. The second-order valence-corrected chi connectivity index (χ2v) is 7.93. The smallest absolute Gasteiger partial charge is 0.0996 e. The van der Waals surface area contributed by atoms with Crippen LogP contribution in [0.5, 0.6) is 0 Å². The molecule has 1 nitrogen and oxygen atoms in total. The first-order valence-electron chi connectivity index (χ1n) is 6.45. The molecule has 0 saturated heterocycles. The van der Waals surface area contributed by atoms with Crippen LogP contribution in [0, 0.1) is 0 Å². The lowest BCUT2D eigenvalue weighted by Gasteiger charge is -2.17. The van der Waals surface area contributed by atoms with E-state index in [0.717, 1.165) is 20.1 Å². The monoisotopic (exact) mass is 399 g/mol. The fourth-order valence-electron chi connectivity index (χ4n) is 2.35. The van der Waals surface area contributed by atoms with Crippen LogP contribution in [0.15, 0.2) is 46.9 Å². The van der Waals surface area contributed by atoms with Crippen molar-refractivity contribution in [1.82, 2.24) is 0 Å². The zero-order chi connectivity index (χ0) is 15.0. The lowest BCUT2D eigenvalue weighted by atomic mass is 10.1. The molecule has 3 rings (SSSR count). The average molecular weight is 401 g/mol. The van der Waals surface area contributed by atoms with Crippen molar-refractivity contribution in [2.24, 2.45) is 0 Å². The van der Waals surface area contributed by atoms with Gasteiger partial charge in [-0.05, 0) is 30.5 Å². The molecular formula is C16H12BrCl2NS. The van der Waals surface area contributed by atoms with Crippen molar-refractivity contribution in [2.45, 2.75) is 13.0 Å². The molecule has 0 fully saturated rings. The average Bonchev–Trinajstić information content (AvgIpc) is 2.81. The highest BCUT2D eigenvalue weighted by atomic mass is 79.9. The van der Waals surface area contributed by atoms with Crippen LogP contribution in [0.1, 0.15) is 18.5 Å². The highest BCUT2D eigenvalue weighted by Crippen LogP contribution is 2.37. The van der Waals surface area contributed by atoms with E-state index < -0.39 is 0 Å². The third kappa shape index (κ3) is 3.07. The number of hydrogen-bond acceptors (Lipinski definition) is 2. The minimum Gasteiger partial charge on any atom is -0.378 e. The zero-order valence-electron chi connectivity index (χ0n) is 11.2. The van der Waals surface area contributed by atoms with Crippen LogP contribution in [-0.2, 0) is 0 Å². The van der Waals surface area contributed by atoms with Crippen molar-refractivity contribution in [1.29, 1.82) is 0 Å². The summed E-state index contributed by atoms with van der Waals surface area (Å²) < 4.78 is 2.54. The third-order valence-electron chi connectivity index (χ3n) is 3.39.